The second kappa shape index (κ2) is 12.0. The Morgan fingerprint density at radius 1 is 0.794 bits per heavy atom. The van der Waals surface area contributed by atoms with Gasteiger partial charge in [-0.3, -0.25) is 0 Å². The van der Waals surface area contributed by atoms with Gasteiger partial charge in [0.05, 0.1) is 29.9 Å². The van der Waals surface area contributed by atoms with E-state index in [4.69, 9.17) is 20.9 Å². The zero-order chi connectivity index (χ0) is 25.4. The lowest BCUT2D eigenvalue weighted by molar-refractivity contribution is -0.143. The lowest BCUT2D eigenvalue weighted by Crippen LogP contribution is -2.48. The van der Waals surface area contributed by atoms with Crippen LogP contribution in [0.25, 0.3) is 0 Å². The summed E-state index contributed by atoms with van der Waals surface area (Å²) < 4.78 is 101. The maximum Gasteiger partial charge on any atom is 0.416 e. The maximum absolute atomic E-state index is 13.0. The highest BCUT2D eigenvalue weighted by molar-refractivity contribution is 5.33. The molecule has 0 amide bonds. The summed E-state index contributed by atoms with van der Waals surface area (Å²) in [6.07, 6.45) is -5.96. The van der Waals surface area contributed by atoms with Crippen molar-refractivity contribution in [1.29, 1.82) is 0 Å². The fraction of sp³-hybridized carbons (Fsp3) is 0.478. The van der Waals surface area contributed by atoms with Gasteiger partial charge < -0.3 is 20.9 Å². The van der Waals surface area contributed by atoms with Crippen molar-refractivity contribution >= 4 is 0 Å². The average molecular weight is 496 g/mol. The van der Waals surface area contributed by atoms with E-state index in [0.717, 1.165) is 25.3 Å². The highest BCUT2D eigenvalue weighted by atomic mass is 19.4. The fourth-order valence-corrected chi connectivity index (χ4v) is 3.18. The third-order valence-electron chi connectivity index (χ3n) is 5.14. The van der Waals surface area contributed by atoms with Crippen LogP contribution in [0.4, 0.5) is 30.7 Å². The summed E-state index contributed by atoms with van der Waals surface area (Å²) in [6, 6.07) is 6.23. The Hall–Kier alpha value is -2.21. The first-order valence-electron chi connectivity index (χ1n) is 10.5. The van der Waals surface area contributed by atoms with Crippen molar-refractivity contribution in [3.63, 3.8) is 0 Å². The number of hydrogen-bond acceptors (Lipinski definition) is 4. The van der Waals surface area contributed by atoms with Crippen LogP contribution in [-0.4, -0.2) is 26.4 Å². The summed E-state index contributed by atoms with van der Waals surface area (Å²) in [4.78, 5) is 0. The molecule has 0 aliphatic carbocycles. The molecule has 0 aromatic heterocycles. The van der Waals surface area contributed by atoms with Gasteiger partial charge in [0, 0.05) is 19.8 Å². The quantitative estimate of drug-likeness (QED) is 0.527. The molecule has 3 rings (SSSR count). The molecule has 0 saturated carbocycles. The molecule has 4 N–H and O–H groups in total. The van der Waals surface area contributed by atoms with Crippen LogP contribution in [0.5, 0.6) is 0 Å². The van der Waals surface area contributed by atoms with Gasteiger partial charge in [0.25, 0.3) is 0 Å². The molecule has 2 aromatic rings. The van der Waals surface area contributed by atoms with Crippen molar-refractivity contribution in [2.45, 2.75) is 43.8 Å². The number of benzene rings is 2. The second-order valence-corrected chi connectivity index (χ2v) is 7.95. The van der Waals surface area contributed by atoms with Gasteiger partial charge in [-0.25, -0.2) is 4.39 Å². The largest absolute Gasteiger partial charge is 0.416 e. The van der Waals surface area contributed by atoms with E-state index in [9.17, 15) is 30.7 Å². The van der Waals surface area contributed by atoms with Gasteiger partial charge in [0.15, 0.2) is 0 Å². The molecule has 1 fully saturated rings. The third-order valence-corrected chi connectivity index (χ3v) is 5.14. The van der Waals surface area contributed by atoms with Gasteiger partial charge in [0.1, 0.15) is 5.82 Å². The highest BCUT2D eigenvalue weighted by Crippen LogP contribution is 2.36. The van der Waals surface area contributed by atoms with Crippen molar-refractivity contribution in [2.24, 2.45) is 11.5 Å². The van der Waals surface area contributed by atoms with Gasteiger partial charge in [-0.1, -0.05) is 12.1 Å². The number of nitrogens with two attached hydrogens (primary N) is 2. The predicted molar refractivity (Wildman–Crippen MR) is 112 cm³/mol. The lowest BCUT2D eigenvalue weighted by Gasteiger charge is -2.28. The Labute approximate surface area is 193 Å². The molecule has 1 heterocycles. The van der Waals surface area contributed by atoms with E-state index < -0.39 is 41.4 Å². The minimum atomic E-state index is -4.95. The van der Waals surface area contributed by atoms with Crippen LogP contribution in [0.15, 0.2) is 42.5 Å². The molecule has 1 aliphatic rings. The standard InChI is InChI=1S/C18H17F7N2O.C5H10O/c19-15-3-1-12(2-4-15)16(27,9-26)10-28-8-11-5-13(17(20,21)22)7-14(6-11)18(23,24)25;1-2-4-6-5-3-1/h1-7H,8-10,26-27H2;1-5H2. The number of hydrogen-bond donors (Lipinski definition) is 2. The summed E-state index contributed by atoms with van der Waals surface area (Å²) in [7, 11) is 0. The van der Waals surface area contributed by atoms with E-state index >= 15 is 0 Å². The van der Waals surface area contributed by atoms with Crippen molar-refractivity contribution in [3.8, 4) is 0 Å². The summed E-state index contributed by atoms with van der Waals surface area (Å²) in [5.41, 5.74) is 7.66. The van der Waals surface area contributed by atoms with Crippen LogP contribution in [0, 0.1) is 5.82 Å². The Morgan fingerprint density at radius 2 is 1.32 bits per heavy atom. The number of rotatable bonds is 6. The normalized spacial score (nSPS) is 16.4. The first-order chi connectivity index (χ1) is 15.8. The van der Waals surface area contributed by atoms with E-state index in [1.807, 2.05) is 0 Å². The molecule has 1 aliphatic heterocycles. The Kier molecular flexibility index (Phi) is 9.86. The molecule has 0 spiro atoms. The fourth-order valence-electron chi connectivity index (χ4n) is 3.18. The molecular formula is C23H27F7N2O2. The van der Waals surface area contributed by atoms with Crippen molar-refractivity contribution in [1.82, 2.24) is 0 Å². The lowest BCUT2D eigenvalue weighted by atomic mass is 9.92. The molecule has 34 heavy (non-hydrogen) atoms. The van der Waals surface area contributed by atoms with Gasteiger partial charge in [-0.05, 0) is 60.7 Å². The SMILES string of the molecule is C1CCOCC1.NCC(N)(COCc1cc(C(F)(F)F)cc(C(F)(F)F)c1)c1ccc(F)cc1. The van der Waals surface area contributed by atoms with Gasteiger partial charge in [-0.15, -0.1) is 0 Å². The van der Waals surface area contributed by atoms with Gasteiger partial charge in [0.2, 0.25) is 0 Å². The van der Waals surface area contributed by atoms with Crippen LogP contribution >= 0.6 is 0 Å². The minimum Gasteiger partial charge on any atom is -0.381 e. The molecule has 4 nitrogen and oxygen atoms in total. The van der Waals surface area contributed by atoms with Crippen LogP contribution < -0.4 is 11.5 Å². The molecule has 1 saturated heterocycles. The number of halogens is 7. The average Bonchev–Trinajstić information content (AvgIpc) is 2.79. The summed E-state index contributed by atoms with van der Waals surface area (Å²) >= 11 is 0. The van der Waals surface area contributed by atoms with Crippen molar-refractivity contribution < 1.29 is 40.2 Å². The van der Waals surface area contributed by atoms with E-state index in [-0.39, 0.29) is 24.8 Å². The van der Waals surface area contributed by atoms with E-state index in [2.05, 4.69) is 0 Å². The van der Waals surface area contributed by atoms with Crippen LogP contribution in [0.2, 0.25) is 0 Å². The molecule has 190 valence electrons. The Bertz CT molecular complexity index is 854. The number of alkyl halides is 6. The third kappa shape index (κ3) is 8.53. The first kappa shape index (κ1) is 28.0. The van der Waals surface area contributed by atoms with E-state index in [0.29, 0.717) is 17.7 Å². The number of ether oxygens (including phenoxy) is 2. The highest BCUT2D eigenvalue weighted by Gasteiger charge is 2.37. The minimum absolute atomic E-state index is 0.0368. The smallest absolute Gasteiger partial charge is 0.381 e. The molecule has 0 bridgehead atoms. The topological polar surface area (TPSA) is 70.5 Å². The van der Waals surface area contributed by atoms with E-state index in [1.54, 1.807) is 0 Å². The van der Waals surface area contributed by atoms with Crippen molar-refractivity contribution in [3.05, 3.63) is 70.5 Å². The molecule has 1 unspecified atom stereocenters. The molecular weight excluding hydrogens is 469 g/mol. The Balaban J connectivity index is 0.000000589. The van der Waals surface area contributed by atoms with E-state index in [1.165, 1.54) is 31.4 Å². The van der Waals surface area contributed by atoms with Crippen LogP contribution in [-0.2, 0) is 34.0 Å². The molecule has 1 atom stereocenters. The maximum atomic E-state index is 13.0. The predicted octanol–water partition coefficient (Wildman–Crippen LogP) is 5.38. The van der Waals surface area contributed by atoms with Crippen LogP contribution in [0.1, 0.15) is 41.5 Å². The van der Waals surface area contributed by atoms with Crippen molar-refractivity contribution in [2.75, 3.05) is 26.4 Å². The summed E-state index contributed by atoms with van der Waals surface area (Å²) in [5.74, 6) is -0.507. The van der Waals surface area contributed by atoms with Gasteiger partial charge in [-0.2, -0.15) is 26.3 Å². The summed E-state index contributed by atoms with van der Waals surface area (Å²) in [6.45, 7) is 1.01. The second-order valence-electron chi connectivity index (χ2n) is 7.95. The van der Waals surface area contributed by atoms with Crippen LogP contribution in [0.3, 0.4) is 0 Å². The molecule has 2 aromatic carbocycles. The Morgan fingerprint density at radius 3 is 1.71 bits per heavy atom. The zero-order valence-electron chi connectivity index (χ0n) is 18.3. The van der Waals surface area contributed by atoms with Gasteiger partial charge >= 0.3 is 12.4 Å². The summed E-state index contributed by atoms with van der Waals surface area (Å²) in [5, 5.41) is 0. The first-order valence-corrected chi connectivity index (χ1v) is 10.5. The molecule has 0 radical (unpaired) electrons. The molecule has 11 heteroatoms. The monoisotopic (exact) mass is 496 g/mol. The zero-order valence-corrected chi connectivity index (χ0v) is 18.3.